The number of carbonyl (C=O) groups excluding carboxylic acids is 1. The summed E-state index contributed by atoms with van der Waals surface area (Å²) < 4.78 is 42.1. The van der Waals surface area contributed by atoms with Gasteiger partial charge in [0.2, 0.25) is 0 Å². The Bertz CT molecular complexity index is 2190. The first kappa shape index (κ1) is 50.2. The summed E-state index contributed by atoms with van der Waals surface area (Å²) in [6, 6.07) is 13.0. The highest BCUT2D eigenvalue weighted by Gasteiger charge is 2.54. The fourth-order valence-electron chi connectivity index (χ4n) is 8.26. The molecule has 3 aliphatic heterocycles. The molecule has 0 aromatic heterocycles. The Morgan fingerprint density at radius 3 is 1.91 bits per heavy atom. The molecule has 29 heteroatoms. The van der Waals surface area contributed by atoms with Crippen molar-refractivity contribution in [3.63, 3.8) is 0 Å². The van der Waals surface area contributed by atoms with Gasteiger partial charge in [0, 0.05) is 31.1 Å². The molecule has 2 aromatic rings. The first-order valence-corrected chi connectivity index (χ1v) is 21.0. The third kappa shape index (κ3) is 12.6. The molecule has 17 atom stereocenters. The molecule has 1 unspecified atom stereocenters. The smallest absolute Gasteiger partial charge is 0.410 e. The van der Waals surface area contributed by atoms with Gasteiger partial charge >= 0.3 is 6.09 Å². The normalized spacial score (nSPS) is 34.7. The number of benzene rings is 2. The zero-order valence-electron chi connectivity index (χ0n) is 35.4. The van der Waals surface area contributed by atoms with Crippen LogP contribution in [0.4, 0.5) is 4.79 Å². The van der Waals surface area contributed by atoms with E-state index in [9.17, 15) is 52.5 Å². The minimum absolute atomic E-state index is 0.00718. The predicted molar refractivity (Wildman–Crippen MR) is 225 cm³/mol. The Hall–Kier alpha value is -6.18. The average Bonchev–Trinajstić information content (AvgIpc) is 3.63. The summed E-state index contributed by atoms with van der Waals surface area (Å²) >= 11 is 0. The standard InChI is InChI=1S/C38H48N16O13/c39-49-44-14-25-29(57)30(58)27(48-53-43)36(63-25)66-33-26(17-55)64-37(31(33)59)67-34-28(56)23(46-51-41)13-24(47-52-42)32(34)65-35-22(45-50-40)12-11-21(62-35)16-54(15-19-7-3-1-4-8-19)38(60)61-18-20-9-5-2-6-10-20/h1-10,21-37,55-59H,11-18H2/t21-,22+,23+,24-,25-,26+,27+,28-,29+,30+,31+,32+,33+,34+,35+,36?,37-/m0/s1. The molecule has 0 bridgehead atoms. The Balaban J connectivity index is 1.25. The molecule has 0 radical (unpaired) electrons. The Morgan fingerprint density at radius 1 is 0.642 bits per heavy atom. The predicted octanol–water partition coefficient (Wildman–Crippen LogP) is 3.80. The maximum atomic E-state index is 13.6. The minimum atomic E-state index is -1.89. The zero-order chi connectivity index (χ0) is 47.9. The second-order valence-corrected chi connectivity index (χ2v) is 15.8. The van der Waals surface area contributed by atoms with Gasteiger partial charge in [0.15, 0.2) is 18.9 Å². The van der Waals surface area contributed by atoms with Gasteiger partial charge in [0.25, 0.3) is 0 Å². The van der Waals surface area contributed by atoms with Crippen molar-refractivity contribution in [3.05, 3.63) is 124 Å². The van der Waals surface area contributed by atoms with Gasteiger partial charge in [-0.15, -0.1) is 0 Å². The van der Waals surface area contributed by atoms with Crippen molar-refractivity contribution in [1.29, 1.82) is 0 Å². The van der Waals surface area contributed by atoms with Crippen LogP contribution in [-0.4, -0.2) is 160 Å². The second-order valence-electron chi connectivity index (χ2n) is 15.8. The third-order valence-electron chi connectivity index (χ3n) is 11.6. The van der Waals surface area contributed by atoms with E-state index in [4.69, 9.17) is 38.7 Å². The monoisotopic (exact) mass is 936 g/mol. The maximum absolute atomic E-state index is 13.6. The molecular formula is C38H48N16O13. The summed E-state index contributed by atoms with van der Waals surface area (Å²) in [7, 11) is 0. The molecule has 3 saturated heterocycles. The molecule has 0 spiro atoms. The molecule has 6 rings (SSSR count). The van der Waals surface area contributed by atoms with E-state index < -0.39 is 123 Å². The van der Waals surface area contributed by atoms with E-state index in [0.717, 1.165) is 11.1 Å². The van der Waals surface area contributed by atoms with Crippen molar-refractivity contribution >= 4 is 6.09 Å². The number of carbonyl (C=O) groups is 1. The van der Waals surface area contributed by atoms with Crippen molar-refractivity contribution in [3.8, 4) is 0 Å². The highest BCUT2D eigenvalue weighted by atomic mass is 16.8. The van der Waals surface area contributed by atoms with Crippen molar-refractivity contribution in [2.24, 2.45) is 25.6 Å². The summed E-state index contributed by atoms with van der Waals surface area (Å²) in [6.07, 6.45) is -21.1. The minimum Gasteiger partial charge on any atom is -0.445 e. The molecular weight excluding hydrogens is 889 g/mol. The molecule has 1 saturated carbocycles. The van der Waals surface area contributed by atoms with E-state index in [1.807, 2.05) is 60.7 Å². The van der Waals surface area contributed by atoms with Crippen molar-refractivity contribution < 1.29 is 63.5 Å². The molecule has 67 heavy (non-hydrogen) atoms. The van der Waals surface area contributed by atoms with Crippen LogP contribution >= 0.6 is 0 Å². The van der Waals surface area contributed by atoms with Crippen LogP contribution in [0.15, 0.2) is 86.2 Å². The summed E-state index contributed by atoms with van der Waals surface area (Å²) in [5, 5.41) is 73.2. The van der Waals surface area contributed by atoms with E-state index in [-0.39, 0.29) is 39.0 Å². The second kappa shape index (κ2) is 24.5. The third-order valence-corrected chi connectivity index (χ3v) is 11.6. The number of ether oxygens (including phenoxy) is 7. The lowest BCUT2D eigenvalue weighted by molar-refractivity contribution is -0.289. The Morgan fingerprint density at radius 2 is 1.25 bits per heavy atom. The van der Waals surface area contributed by atoms with E-state index in [2.05, 4.69) is 50.1 Å². The number of azide groups is 5. The van der Waals surface area contributed by atoms with Gasteiger partial charge in [-0.05, 0) is 58.0 Å². The van der Waals surface area contributed by atoms with Gasteiger partial charge in [-0.2, -0.15) is 0 Å². The quantitative estimate of drug-likeness (QED) is 0.0761. The van der Waals surface area contributed by atoms with Gasteiger partial charge in [-0.3, -0.25) is 0 Å². The lowest BCUT2D eigenvalue weighted by Gasteiger charge is -2.45. The lowest BCUT2D eigenvalue weighted by atomic mass is 9.84. The number of hydrogen-bond acceptors (Lipinski definition) is 18. The zero-order valence-corrected chi connectivity index (χ0v) is 35.4. The van der Waals surface area contributed by atoms with Gasteiger partial charge in [-0.1, -0.05) is 86.2 Å². The average molecular weight is 937 g/mol. The molecule has 4 fully saturated rings. The van der Waals surface area contributed by atoms with E-state index >= 15 is 0 Å². The Kier molecular flexibility index (Phi) is 18.4. The van der Waals surface area contributed by atoms with E-state index in [1.165, 1.54) is 4.90 Å². The number of rotatable bonds is 19. The van der Waals surface area contributed by atoms with E-state index in [1.54, 1.807) is 0 Å². The van der Waals surface area contributed by atoms with Crippen LogP contribution in [-0.2, 0) is 46.3 Å². The van der Waals surface area contributed by atoms with Crippen LogP contribution in [0.3, 0.4) is 0 Å². The van der Waals surface area contributed by atoms with Gasteiger partial charge in [0.05, 0.1) is 68.3 Å². The van der Waals surface area contributed by atoms with Crippen LogP contribution in [0.2, 0.25) is 0 Å². The van der Waals surface area contributed by atoms with Crippen LogP contribution in [0.5, 0.6) is 0 Å². The first-order valence-electron chi connectivity index (χ1n) is 21.0. The van der Waals surface area contributed by atoms with Crippen molar-refractivity contribution in [2.45, 2.75) is 136 Å². The number of aliphatic hydroxyl groups is 5. The highest BCUT2D eigenvalue weighted by Crippen LogP contribution is 2.38. The molecule has 4 aliphatic rings. The topological polar surface area (TPSA) is 430 Å². The van der Waals surface area contributed by atoms with Crippen LogP contribution in [0.1, 0.15) is 30.4 Å². The maximum Gasteiger partial charge on any atom is 0.410 e. The van der Waals surface area contributed by atoms with Crippen LogP contribution in [0.25, 0.3) is 52.2 Å². The molecule has 5 N–H and O–H groups in total. The van der Waals surface area contributed by atoms with Crippen LogP contribution < -0.4 is 0 Å². The van der Waals surface area contributed by atoms with Gasteiger partial charge in [-0.25, -0.2) is 4.79 Å². The molecule has 1 amide bonds. The number of hydrogen-bond donors (Lipinski definition) is 5. The fourth-order valence-corrected chi connectivity index (χ4v) is 8.26. The highest BCUT2D eigenvalue weighted by molar-refractivity contribution is 5.67. The summed E-state index contributed by atoms with van der Waals surface area (Å²) in [6.45, 7) is -1.24. The molecule has 29 nitrogen and oxygen atoms in total. The largest absolute Gasteiger partial charge is 0.445 e. The summed E-state index contributed by atoms with van der Waals surface area (Å²) in [5.41, 5.74) is 48.2. The number of amides is 1. The lowest BCUT2D eigenvalue weighted by Crippen LogP contribution is -2.61. The SMILES string of the molecule is [N-]=[N+]=NC[C@@H]1OC(O[C@H]2[C@@H](O)[C@H](O[C@@H]3[C@@H](O)[C@H](N=[N+]=[N-])C[C@H](N=[N+]=[N-])[C@H]3O[C@H]3O[C@H](CN(Cc4ccccc4)C(=O)OCc4ccccc4)CC[C@H]3N=[N+]=[N-])O[C@@H]2CO)[C@H](N=[N+]=[N-])[C@@H](O)[C@@H]1O. The van der Waals surface area contributed by atoms with Gasteiger partial charge < -0.3 is 63.6 Å². The first-order chi connectivity index (χ1) is 32.5. The molecule has 2 aromatic carbocycles. The summed E-state index contributed by atoms with van der Waals surface area (Å²) in [5.74, 6) is 0. The summed E-state index contributed by atoms with van der Waals surface area (Å²) in [4.78, 5) is 29.0. The molecule has 3 heterocycles. The van der Waals surface area contributed by atoms with Crippen LogP contribution in [0, 0.1) is 0 Å². The molecule has 358 valence electrons. The van der Waals surface area contributed by atoms with Crippen molar-refractivity contribution in [1.82, 2.24) is 4.90 Å². The fraction of sp³-hybridized carbons (Fsp3) is 0.658. The molecule has 1 aliphatic carbocycles. The van der Waals surface area contributed by atoms with E-state index in [0.29, 0.717) is 0 Å². The van der Waals surface area contributed by atoms with Gasteiger partial charge in [0.1, 0.15) is 43.2 Å². The van der Waals surface area contributed by atoms with Crippen molar-refractivity contribution in [2.75, 3.05) is 19.7 Å². The Labute approximate surface area is 379 Å². The number of nitrogens with zero attached hydrogens (tertiary/aromatic N) is 16. The number of aliphatic hydroxyl groups excluding tert-OH is 5.